The first-order valence-electron chi connectivity index (χ1n) is 12.3. The Morgan fingerprint density at radius 2 is 1.65 bits per heavy atom. The summed E-state index contributed by atoms with van der Waals surface area (Å²) >= 11 is 0. The molecule has 212 valence electrons. The Bertz CT molecular complexity index is 956. The molecule has 2 fully saturated rings. The van der Waals surface area contributed by atoms with E-state index in [4.69, 9.17) is 18.8 Å². The smallest absolute Gasteiger partial charge is 0.405 e. The summed E-state index contributed by atoms with van der Waals surface area (Å²) in [5.74, 6) is -3.91. The minimum atomic E-state index is -5.83. The zero-order chi connectivity index (χ0) is 28.0. The van der Waals surface area contributed by atoms with E-state index in [2.05, 4.69) is 4.74 Å². The first-order valence-corrected chi connectivity index (χ1v) is 13.8. The van der Waals surface area contributed by atoms with Crippen LogP contribution in [0.2, 0.25) is 0 Å². The van der Waals surface area contributed by atoms with Crippen molar-refractivity contribution in [2.45, 2.75) is 114 Å². The molecule has 1 N–H and O–H groups in total. The maximum atomic E-state index is 13.5. The highest BCUT2D eigenvalue weighted by Gasteiger charge is 2.52. The molecule has 14 heteroatoms. The summed E-state index contributed by atoms with van der Waals surface area (Å²) in [4.78, 5) is 48.8. The largest absolute Gasteiger partial charge is 0.456 e. The van der Waals surface area contributed by atoms with Crippen LogP contribution < -0.4 is 0 Å². The molecule has 2 rings (SSSR count). The van der Waals surface area contributed by atoms with E-state index in [0.29, 0.717) is 19.8 Å². The number of cyclic esters (lactones) is 1. The zero-order valence-electron chi connectivity index (χ0n) is 21.1. The highest BCUT2D eigenvalue weighted by molar-refractivity contribution is 7.86. The molecule has 37 heavy (non-hydrogen) atoms. The summed E-state index contributed by atoms with van der Waals surface area (Å²) in [6, 6.07) is 0. The number of esters is 4. The highest BCUT2D eigenvalue weighted by atomic mass is 32.2. The molecule has 1 aliphatic heterocycles. The third-order valence-electron chi connectivity index (χ3n) is 6.99. The maximum absolute atomic E-state index is 13.5. The Labute approximate surface area is 214 Å². The second-order valence-corrected chi connectivity index (χ2v) is 10.8. The van der Waals surface area contributed by atoms with E-state index in [9.17, 15) is 36.4 Å². The van der Waals surface area contributed by atoms with E-state index in [1.807, 2.05) is 13.8 Å². The van der Waals surface area contributed by atoms with Gasteiger partial charge < -0.3 is 18.9 Å². The van der Waals surface area contributed by atoms with Crippen LogP contribution in [-0.2, 0) is 48.2 Å². The van der Waals surface area contributed by atoms with Crippen molar-refractivity contribution in [1.29, 1.82) is 0 Å². The third kappa shape index (κ3) is 7.59. The van der Waals surface area contributed by atoms with E-state index in [1.54, 1.807) is 0 Å². The van der Waals surface area contributed by atoms with Gasteiger partial charge in [0, 0.05) is 6.42 Å². The summed E-state index contributed by atoms with van der Waals surface area (Å²) in [6.45, 7) is 4.43. The minimum absolute atomic E-state index is 0.200. The van der Waals surface area contributed by atoms with E-state index in [-0.39, 0.29) is 12.3 Å². The van der Waals surface area contributed by atoms with Gasteiger partial charge in [0.15, 0.2) is 6.10 Å². The van der Waals surface area contributed by atoms with Crippen molar-refractivity contribution in [3.63, 3.8) is 0 Å². The van der Waals surface area contributed by atoms with Gasteiger partial charge in [-0.3, -0.25) is 14.1 Å². The number of ether oxygens (including phenoxy) is 4. The normalized spacial score (nSPS) is 22.2. The second kappa shape index (κ2) is 12.5. The van der Waals surface area contributed by atoms with Gasteiger partial charge in [-0.25, -0.2) is 9.59 Å². The molecule has 3 unspecified atom stereocenters. The molecule has 1 saturated carbocycles. The van der Waals surface area contributed by atoms with Crippen LogP contribution in [-0.4, -0.2) is 66.0 Å². The lowest BCUT2D eigenvalue weighted by atomic mass is 9.74. The standard InChI is InChI=1S/C23H34F2O11S/c1-4-22(5-2,15-9-7-6-8-10-15)36-21(29)17-13-16(20(28)35-17)34-19(27)12-11-18(26)33-14(3)23(24,25)37(30,31)32/h14-17H,4-13H2,1-3H3,(H,30,31,32). The van der Waals surface area contributed by atoms with Crippen LogP contribution in [0.4, 0.5) is 8.78 Å². The van der Waals surface area contributed by atoms with Crippen molar-refractivity contribution in [2.24, 2.45) is 5.92 Å². The average molecular weight is 557 g/mol. The topological polar surface area (TPSA) is 160 Å². The first kappa shape index (κ1) is 30.9. The number of hydrogen-bond acceptors (Lipinski definition) is 10. The molecule has 0 spiro atoms. The van der Waals surface area contributed by atoms with Gasteiger partial charge in [0.25, 0.3) is 0 Å². The van der Waals surface area contributed by atoms with Crippen LogP contribution in [0.3, 0.4) is 0 Å². The molecule has 1 heterocycles. The lowest BCUT2D eigenvalue weighted by molar-refractivity contribution is -0.182. The quantitative estimate of drug-likeness (QED) is 0.214. The van der Waals surface area contributed by atoms with Crippen LogP contribution in [0, 0.1) is 5.92 Å². The molecular weight excluding hydrogens is 522 g/mol. The van der Waals surface area contributed by atoms with E-state index < -0.39 is 76.0 Å². The van der Waals surface area contributed by atoms with Gasteiger partial charge >= 0.3 is 39.2 Å². The molecule has 3 atom stereocenters. The van der Waals surface area contributed by atoms with Crippen LogP contribution in [0.25, 0.3) is 0 Å². The van der Waals surface area contributed by atoms with Gasteiger partial charge in [-0.2, -0.15) is 17.2 Å². The van der Waals surface area contributed by atoms with Crippen molar-refractivity contribution in [1.82, 2.24) is 0 Å². The van der Waals surface area contributed by atoms with E-state index in [0.717, 1.165) is 32.1 Å². The molecule has 0 bridgehead atoms. The van der Waals surface area contributed by atoms with Crippen LogP contribution in [0.5, 0.6) is 0 Å². The van der Waals surface area contributed by atoms with Crippen molar-refractivity contribution in [3.05, 3.63) is 0 Å². The molecule has 1 saturated heterocycles. The van der Waals surface area contributed by atoms with Gasteiger partial charge in [0.05, 0.1) is 12.8 Å². The SMILES string of the molecule is CCC(CC)(OC(=O)C1CC(OC(=O)CCC(=O)OC(C)C(F)(F)S(=O)(=O)O)C(=O)O1)C1CCCCC1. The summed E-state index contributed by atoms with van der Waals surface area (Å²) in [5, 5.41) is -4.75. The van der Waals surface area contributed by atoms with Gasteiger partial charge in [0.2, 0.25) is 12.2 Å². The predicted octanol–water partition coefficient (Wildman–Crippen LogP) is 3.09. The minimum Gasteiger partial charge on any atom is -0.456 e. The summed E-state index contributed by atoms with van der Waals surface area (Å²) < 4.78 is 77.0. The van der Waals surface area contributed by atoms with Gasteiger partial charge in [-0.05, 0) is 38.5 Å². The van der Waals surface area contributed by atoms with E-state index in [1.165, 1.54) is 0 Å². The Morgan fingerprint density at radius 1 is 1.08 bits per heavy atom. The molecule has 2 aliphatic rings. The Hall–Kier alpha value is -2.35. The number of carbonyl (C=O) groups is 4. The predicted molar refractivity (Wildman–Crippen MR) is 122 cm³/mol. The summed E-state index contributed by atoms with van der Waals surface area (Å²) in [5.41, 5.74) is -0.678. The fraction of sp³-hybridized carbons (Fsp3) is 0.826. The van der Waals surface area contributed by atoms with Gasteiger partial charge in [-0.15, -0.1) is 0 Å². The Morgan fingerprint density at radius 3 is 2.19 bits per heavy atom. The number of hydrogen-bond donors (Lipinski definition) is 1. The molecule has 0 radical (unpaired) electrons. The zero-order valence-corrected chi connectivity index (χ0v) is 21.9. The number of halogens is 2. The molecule has 1 aliphatic carbocycles. The van der Waals surface area contributed by atoms with Gasteiger partial charge in [-0.1, -0.05) is 33.1 Å². The van der Waals surface area contributed by atoms with Crippen molar-refractivity contribution < 1.29 is 59.9 Å². The van der Waals surface area contributed by atoms with Gasteiger partial charge in [0.1, 0.15) is 5.60 Å². The highest BCUT2D eigenvalue weighted by Crippen LogP contribution is 2.40. The molecule has 0 aromatic heterocycles. The average Bonchev–Trinajstić information content (AvgIpc) is 3.21. The number of carbonyl (C=O) groups excluding carboxylic acids is 4. The summed E-state index contributed by atoms with van der Waals surface area (Å²) in [6.07, 6.45) is -0.616. The molecule has 11 nitrogen and oxygen atoms in total. The van der Waals surface area contributed by atoms with Crippen molar-refractivity contribution >= 4 is 34.0 Å². The first-order chi connectivity index (χ1) is 17.2. The monoisotopic (exact) mass is 556 g/mol. The lowest BCUT2D eigenvalue weighted by Gasteiger charge is -2.41. The van der Waals surface area contributed by atoms with Crippen LogP contribution in [0.15, 0.2) is 0 Å². The van der Waals surface area contributed by atoms with E-state index >= 15 is 0 Å². The van der Waals surface area contributed by atoms with Crippen LogP contribution >= 0.6 is 0 Å². The van der Waals surface area contributed by atoms with Crippen LogP contribution in [0.1, 0.15) is 85.0 Å². The summed E-state index contributed by atoms with van der Waals surface area (Å²) in [7, 11) is -5.83. The third-order valence-corrected chi connectivity index (χ3v) is 8.01. The fourth-order valence-corrected chi connectivity index (χ4v) is 5.17. The fourth-order valence-electron chi connectivity index (χ4n) is 4.70. The van der Waals surface area contributed by atoms with Crippen molar-refractivity contribution in [3.8, 4) is 0 Å². The number of rotatable bonds is 12. The molecular formula is C23H34F2O11S. The number of alkyl halides is 2. The Kier molecular flexibility index (Phi) is 10.4. The Balaban J connectivity index is 1.87. The maximum Gasteiger partial charge on any atom is 0.405 e. The lowest BCUT2D eigenvalue weighted by Crippen LogP contribution is -2.45. The molecule has 0 aromatic carbocycles. The molecule has 0 amide bonds. The second-order valence-electron chi connectivity index (χ2n) is 9.34. The van der Waals surface area contributed by atoms with Crippen molar-refractivity contribution in [2.75, 3.05) is 0 Å². The molecule has 0 aromatic rings.